The summed E-state index contributed by atoms with van der Waals surface area (Å²) >= 11 is 0. The minimum absolute atomic E-state index is 0.382. The maximum absolute atomic E-state index is 5.11. The van der Waals surface area contributed by atoms with Crippen molar-refractivity contribution in [2.24, 2.45) is 0 Å². The van der Waals surface area contributed by atoms with E-state index < -0.39 is 0 Å². The van der Waals surface area contributed by atoms with Crippen molar-refractivity contribution >= 4 is 0 Å². The topological polar surface area (TPSA) is 34.4 Å². The molecule has 1 atom stereocenters. The summed E-state index contributed by atoms with van der Waals surface area (Å²) in [5.41, 5.74) is 1.21. The molecule has 0 aromatic carbocycles. The van der Waals surface area contributed by atoms with Gasteiger partial charge in [0, 0.05) is 13.2 Å². The van der Waals surface area contributed by atoms with Gasteiger partial charge in [-0.2, -0.15) is 0 Å². The SMILES string of the molecule is CCNC(COC)Cc1ccoc1. The maximum atomic E-state index is 5.11. The van der Waals surface area contributed by atoms with E-state index in [1.165, 1.54) is 5.56 Å². The Hall–Kier alpha value is -0.800. The summed E-state index contributed by atoms with van der Waals surface area (Å²) in [5.74, 6) is 0. The van der Waals surface area contributed by atoms with E-state index in [9.17, 15) is 0 Å². The standard InChI is InChI=1S/C10H17NO2/c1-3-11-10(8-12-2)6-9-4-5-13-7-9/h4-5,7,10-11H,3,6,8H2,1-2H3. The molecule has 1 unspecified atom stereocenters. The van der Waals surface area contributed by atoms with Crippen molar-refractivity contribution in [1.29, 1.82) is 0 Å². The van der Waals surface area contributed by atoms with Gasteiger partial charge in [-0.05, 0) is 24.6 Å². The molecule has 0 radical (unpaired) electrons. The van der Waals surface area contributed by atoms with Crippen LogP contribution in [0.1, 0.15) is 12.5 Å². The number of hydrogen-bond acceptors (Lipinski definition) is 3. The molecule has 0 spiro atoms. The van der Waals surface area contributed by atoms with Crippen LogP contribution in [0, 0.1) is 0 Å². The second kappa shape index (κ2) is 5.78. The fourth-order valence-corrected chi connectivity index (χ4v) is 1.37. The number of nitrogens with one attached hydrogen (secondary N) is 1. The highest BCUT2D eigenvalue weighted by atomic mass is 16.5. The second-order valence-corrected chi connectivity index (χ2v) is 3.05. The van der Waals surface area contributed by atoms with Crippen molar-refractivity contribution < 1.29 is 9.15 Å². The molecule has 13 heavy (non-hydrogen) atoms. The maximum Gasteiger partial charge on any atom is 0.0935 e. The van der Waals surface area contributed by atoms with Crippen LogP contribution in [0.4, 0.5) is 0 Å². The van der Waals surface area contributed by atoms with Gasteiger partial charge in [-0.1, -0.05) is 6.92 Å². The van der Waals surface area contributed by atoms with Gasteiger partial charge >= 0.3 is 0 Å². The predicted octanol–water partition coefficient (Wildman–Crippen LogP) is 1.45. The van der Waals surface area contributed by atoms with E-state index in [-0.39, 0.29) is 0 Å². The van der Waals surface area contributed by atoms with Gasteiger partial charge in [-0.3, -0.25) is 0 Å². The van der Waals surface area contributed by atoms with Crippen molar-refractivity contribution in [2.75, 3.05) is 20.3 Å². The van der Waals surface area contributed by atoms with Crippen molar-refractivity contribution in [2.45, 2.75) is 19.4 Å². The first-order valence-electron chi connectivity index (χ1n) is 4.60. The summed E-state index contributed by atoms with van der Waals surface area (Å²) in [6.07, 6.45) is 4.43. The van der Waals surface area contributed by atoms with Gasteiger partial charge < -0.3 is 14.5 Å². The molecule has 0 aliphatic carbocycles. The molecule has 74 valence electrons. The molecule has 0 amide bonds. The summed E-state index contributed by atoms with van der Waals surface area (Å²) in [4.78, 5) is 0. The minimum Gasteiger partial charge on any atom is -0.472 e. The van der Waals surface area contributed by atoms with Crippen LogP contribution in [0.5, 0.6) is 0 Å². The molecule has 1 aromatic rings. The molecule has 0 saturated carbocycles. The molecule has 1 rings (SSSR count). The minimum atomic E-state index is 0.382. The van der Waals surface area contributed by atoms with E-state index in [4.69, 9.17) is 9.15 Å². The number of hydrogen-bond donors (Lipinski definition) is 1. The van der Waals surface area contributed by atoms with Crippen LogP contribution < -0.4 is 5.32 Å². The van der Waals surface area contributed by atoms with Crippen molar-refractivity contribution in [3.8, 4) is 0 Å². The molecule has 0 fully saturated rings. The Balaban J connectivity index is 2.37. The van der Waals surface area contributed by atoms with Crippen LogP contribution >= 0.6 is 0 Å². The normalized spacial score (nSPS) is 13.1. The van der Waals surface area contributed by atoms with E-state index in [1.807, 2.05) is 6.07 Å². The third kappa shape index (κ3) is 3.61. The molecule has 1 heterocycles. The predicted molar refractivity (Wildman–Crippen MR) is 51.8 cm³/mol. The van der Waals surface area contributed by atoms with Gasteiger partial charge in [0.25, 0.3) is 0 Å². The first-order chi connectivity index (χ1) is 6.36. The van der Waals surface area contributed by atoms with Gasteiger partial charge in [-0.25, -0.2) is 0 Å². The van der Waals surface area contributed by atoms with Gasteiger partial charge in [-0.15, -0.1) is 0 Å². The zero-order valence-electron chi connectivity index (χ0n) is 8.25. The molecule has 0 bridgehead atoms. The Morgan fingerprint density at radius 2 is 2.46 bits per heavy atom. The third-order valence-corrected chi connectivity index (χ3v) is 1.92. The fraction of sp³-hybridized carbons (Fsp3) is 0.600. The van der Waals surface area contributed by atoms with Crippen LogP contribution in [0.3, 0.4) is 0 Å². The quantitative estimate of drug-likeness (QED) is 0.724. The highest BCUT2D eigenvalue weighted by molar-refractivity contribution is 5.07. The number of rotatable bonds is 6. The lowest BCUT2D eigenvalue weighted by Crippen LogP contribution is -2.34. The zero-order chi connectivity index (χ0) is 9.52. The molecule has 3 nitrogen and oxygen atoms in total. The lowest BCUT2D eigenvalue weighted by atomic mass is 10.1. The first-order valence-corrected chi connectivity index (χ1v) is 4.60. The van der Waals surface area contributed by atoms with Gasteiger partial charge in [0.1, 0.15) is 0 Å². The average molecular weight is 183 g/mol. The molecule has 0 aliphatic heterocycles. The van der Waals surface area contributed by atoms with Crippen LogP contribution in [-0.4, -0.2) is 26.3 Å². The lowest BCUT2D eigenvalue weighted by molar-refractivity contribution is 0.167. The fourth-order valence-electron chi connectivity index (χ4n) is 1.37. The van der Waals surface area contributed by atoms with E-state index in [0.717, 1.165) is 19.6 Å². The third-order valence-electron chi connectivity index (χ3n) is 1.92. The van der Waals surface area contributed by atoms with Crippen molar-refractivity contribution in [3.05, 3.63) is 24.2 Å². The van der Waals surface area contributed by atoms with E-state index in [2.05, 4.69) is 12.2 Å². The van der Waals surface area contributed by atoms with Gasteiger partial charge in [0.05, 0.1) is 19.1 Å². The molecular formula is C10H17NO2. The summed E-state index contributed by atoms with van der Waals surface area (Å²) in [6.45, 7) is 3.79. The lowest BCUT2D eigenvalue weighted by Gasteiger charge is -2.15. The van der Waals surface area contributed by atoms with E-state index in [0.29, 0.717) is 6.04 Å². The highest BCUT2D eigenvalue weighted by Gasteiger charge is 2.07. The summed E-state index contributed by atoms with van der Waals surface area (Å²) in [5, 5.41) is 3.36. The molecule has 3 heteroatoms. The monoisotopic (exact) mass is 183 g/mol. The molecule has 0 aliphatic rings. The van der Waals surface area contributed by atoms with Gasteiger partial charge in [0.2, 0.25) is 0 Å². The molecule has 1 aromatic heterocycles. The first kappa shape index (κ1) is 10.3. The number of likely N-dealkylation sites (N-methyl/N-ethyl adjacent to an activating group) is 1. The van der Waals surface area contributed by atoms with Crippen molar-refractivity contribution in [3.63, 3.8) is 0 Å². The number of furan rings is 1. The van der Waals surface area contributed by atoms with Gasteiger partial charge in [0.15, 0.2) is 0 Å². The molecule has 1 N–H and O–H groups in total. The number of methoxy groups -OCH3 is 1. The Morgan fingerprint density at radius 3 is 3.00 bits per heavy atom. The zero-order valence-corrected chi connectivity index (χ0v) is 8.25. The van der Waals surface area contributed by atoms with E-state index in [1.54, 1.807) is 19.6 Å². The number of ether oxygens (including phenoxy) is 1. The smallest absolute Gasteiger partial charge is 0.0935 e. The van der Waals surface area contributed by atoms with Crippen LogP contribution in [-0.2, 0) is 11.2 Å². The summed E-state index contributed by atoms with van der Waals surface area (Å²) in [6, 6.07) is 2.37. The molecule has 0 saturated heterocycles. The average Bonchev–Trinajstić information content (AvgIpc) is 2.58. The Kier molecular flexibility index (Phi) is 4.57. The highest BCUT2D eigenvalue weighted by Crippen LogP contribution is 2.04. The second-order valence-electron chi connectivity index (χ2n) is 3.05. The van der Waals surface area contributed by atoms with Crippen LogP contribution in [0.25, 0.3) is 0 Å². The van der Waals surface area contributed by atoms with Crippen molar-refractivity contribution in [1.82, 2.24) is 5.32 Å². The molecular weight excluding hydrogens is 166 g/mol. The summed E-state index contributed by atoms with van der Waals surface area (Å²) < 4.78 is 10.1. The van der Waals surface area contributed by atoms with Crippen LogP contribution in [0.2, 0.25) is 0 Å². The van der Waals surface area contributed by atoms with E-state index >= 15 is 0 Å². The largest absolute Gasteiger partial charge is 0.472 e. The Bertz CT molecular complexity index is 203. The Labute approximate surface area is 79.1 Å². The Morgan fingerprint density at radius 1 is 1.62 bits per heavy atom. The summed E-state index contributed by atoms with van der Waals surface area (Å²) in [7, 11) is 1.72. The van der Waals surface area contributed by atoms with Crippen LogP contribution in [0.15, 0.2) is 23.0 Å².